The summed E-state index contributed by atoms with van der Waals surface area (Å²) in [6.07, 6.45) is 0.433. The molecule has 0 spiro atoms. The van der Waals surface area contributed by atoms with Gasteiger partial charge in [0.1, 0.15) is 23.6 Å². The number of hydrogen-bond donors (Lipinski definition) is 3. The van der Waals surface area contributed by atoms with Crippen molar-refractivity contribution >= 4 is 46.5 Å². The first-order valence-corrected chi connectivity index (χ1v) is 14.5. The molecule has 13 nitrogen and oxygen atoms in total. The number of Topliss-reactive ketones (excluding diaryl/α,β-unsaturated/α-hetero) is 1. The highest BCUT2D eigenvalue weighted by Crippen LogP contribution is 2.26. The van der Waals surface area contributed by atoms with Crippen LogP contribution >= 0.6 is 0 Å². The van der Waals surface area contributed by atoms with E-state index in [1.807, 2.05) is 30.3 Å². The summed E-state index contributed by atoms with van der Waals surface area (Å²) in [6, 6.07) is 10.7. The molecular weight excluding hydrogens is 570 g/mol. The summed E-state index contributed by atoms with van der Waals surface area (Å²) in [5.74, 6) is -4.72. The van der Waals surface area contributed by atoms with Crippen LogP contribution in [-0.4, -0.2) is 80.2 Å². The van der Waals surface area contributed by atoms with Gasteiger partial charge in [0.05, 0.1) is 6.42 Å². The molecular formula is C31H33N5O8. The Morgan fingerprint density at radius 3 is 2.57 bits per heavy atom. The smallest absolute Gasteiger partial charge is 0.305 e. The summed E-state index contributed by atoms with van der Waals surface area (Å²) in [6.45, 7) is 1.97. The van der Waals surface area contributed by atoms with Crippen LogP contribution in [-0.2, 0) is 30.4 Å². The van der Waals surface area contributed by atoms with Gasteiger partial charge in [-0.1, -0.05) is 42.5 Å². The van der Waals surface area contributed by atoms with E-state index in [1.165, 1.54) is 5.01 Å². The van der Waals surface area contributed by atoms with Crippen LogP contribution in [0.5, 0.6) is 0 Å². The maximum atomic E-state index is 13.8. The van der Waals surface area contributed by atoms with Crippen molar-refractivity contribution in [3.05, 3.63) is 65.5 Å². The number of para-hydroxylation sites is 1. The van der Waals surface area contributed by atoms with Crippen LogP contribution < -0.4 is 10.6 Å². The minimum absolute atomic E-state index is 0.0164. The van der Waals surface area contributed by atoms with E-state index in [0.29, 0.717) is 23.9 Å². The van der Waals surface area contributed by atoms with Crippen molar-refractivity contribution in [1.82, 2.24) is 25.6 Å². The molecule has 0 radical (unpaired) electrons. The van der Waals surface area contributed by atoms with E-state index in [-0.39, 0.29) is 49.9 Å². The van der Waals surface area contributed by atoms with Gasteiger partial charge in [-0.15, -0.1) is 0 Å². The fourth-order valence-electron chi connectivity index (χ4n) is 5.57. The zero-order valence-electron chi connectivity index (χ0n) is 24.2. The summed E-state index contributed by atoms with van der Waals surface area (Å²) < 4.78 is 5.62. The van der Waals surface area contributed by atoms with Crippen molar-refractivity contribution in [3.63, 3.8) is 0 Å². The Hall–Kier alpha value is -5.07. The van der Waals surface area contributed by atoms with Gasteiger partial charge in [0.25, 0.3) is 11.8 Å². The summed E-state index contributed by atoms with van der Waals surface area (Å²) in [5, 5.41) is 17.0. The summed E-state index contributed by atoms with van der Waals surface area (Å²) in [4.78, 5) is 82.4. The zero-order valence-corrected chi connectivity index (χ0v) is 24.2. The molecule has 1 aromatic heterocycles. The predicted molar refractivity (Wildman–Crippen MR) is 155 cm³/mol. The largest absolute Gasteiger partial charge is 0.481 e. The number of carbonyl (C=O) groups excluding carboxylic acids is 5. The van der Waals surface area contributed by atoms with E-state index in [2.05, 4.69) is 15.6 Å². The number of carbonyl (C=O) groups is 6. The van der Waals surface area contributed by atoms with Crippen LogP contribution in [0.2, 0.25) is 0 Å². The van der Waals surface area contributed by atoms with Gasteiger partial charge in [0.15, 0.2) is 5.58 Å². The second-order valence-electron chi connectivity index (χ2n) is 11.0. The van der Waals surface area contributed by atoms with Crippen molar-refractivity contribution in [3.8, 4) is 0 Å². The number of nitrogens with zero attached hydrogens (tertiary/aromatic N) is 3. The molecule has 3 atom stereocenters. The van der Waals surface area contributed by atoms with Crippen molar-refractivity contribution in [2.24, 2.45) is 0 Å². The number of nitrogens with one attached hydrogen (secondary N) is 2. The van der Waals surface area contributed by atoms with Crippen molar-refractivity contribution < 1.29 is 38.3 Å². The normalized spacial score (nSPS) is 19.2. The molecule has 2 fully saturated rings. The first kappa shape index (κ1) is 30.4. The highest BCUT2D eigenvalue weighted by molar-refractivity contribution is 6.03. The monoisotopic (exact) mass is 603 g/mol. The second-order valence-corrected chi connectivity index (χ2v) is 11.0. The fraction of sp³-hybridized carbons (Fsp3) is 0.387. The highest BCUT2D eigenvalue weighted by Gasteiger charge is 2.45. The van der Waals surface area contributed by atoms with E-state index in [4.69, 9.17) is 4.42 Å². The fourth-order valence-corrected chi connectivity index (χ4v) is 5.57. The molecule has 2 aliphatic rings. The lowest BCUT2D eigenvalue weighted by molar-refractivity contribution is -0.176. The minimum Gasteiger partial charge on any atom is -0.481 e. The number of oxazole rings is 1. The molecule has 2 saturated heterocycles. The Kier molecular flexibility index (Phi) is 9.02. The molecule has 0 saturated carbocycles. The van der Waals surface area contributed by atoms with Crippen molar-refractivity contribution in [1.29, 1.82) is 0 Å². The maximum absolute atomic E-state index is 13.8. The van der Waals surface area contributed by atoms with E-state index >= 15 is 0 Å². The molecule has 44 heavy (non-hydrogen) atoms. The van der Waals surface area contributed by atoms with Gasteiger partial charge in [-0.25, -0.2) is 9.99 Å². The number of aryl methyl sites for hydroxylation is 2. The number of carboxylic acids is 1. The van der Waals surface area contributed by atoms with Crippen LogP contribution in [0.4, 0.5) is 0 Å². The molecule has 0 aliphatic carbocycles. The number of hydrogen-bond acceptors (Lipinski definition) is 8. The average molecular weight is 604 g/mol. The number of aliphatic carboxylic acids is 1. The molecule has 3 aromatic rings. The van der Waals surface area contributed by atoms with E-state index < -0.39 is 48.1 Å². The molecule has 4 amide bonds. The molecule has 230 valence electrons. The number of carboxylic acid groups (broad SMARTS) is 1. The third-order valence-electron chi connectivity index (χ3n) is 7.82. The summed E-state index contributed by atoms with van der Waals surface area (Å²) in [7, 11) is 0. The lowest BCUT2D eigenvalue weighted by Gasteiger charge is -2.43. The molecule has 3 unspecified atom stereocenters. The average Bonchev–Trinajstić information content (AvgIpc) is 3.42. The van der Waals surface area contributed by atoms with E-state index in [9.17, 15) is 33.9 Å². The van der Waals surface area contributed by atoms with Crippen LogP contribution in [0.15, 0.2) is 52.9 Å². The van der Waals surface area contributed by atoms with Gasteiger partial charge in [-0.3, -0.25) is 33.8 Å². The number of rotatable bonds is 10. The molecule has 3 N–H and O–H groups in total. The predicted octanol–water partition coefficient (Wildman–Crippen LogP) is 1.92. The SMILES string of the molecule is Cc1cccc2nc(C(=O)C(CC(=O)O)NC(=O)C3CCCN4C(=O)CCC(NC(=O)CCc5ccccc5)C(=O)N34)oc12. The number of benzene rings is 2. The Bertz CT molecular complexity index is 1600. The minimum atomic E-state index is -1.55. The number of ketones is 1. The van der Waals surface area contributed by atoms with E-state index in [0.717, 1.165) is 16.1 Å². The van der Waals surface area contributed by atoms with Crippen LogP contribution in [0.3, 0.4) is 0 Å². The third kappa shape index (κ3) is 6.61. The second kappa shape index (κ2) is 13.1. The van der Waals surface area contributed by atoms with Crippen molar-refractivity contribution in [2.45, 2.75) is 70.0 Å². The standard InChI is InChI=1S/C31H33N5O8/c1-18-7-5-10-20-28(18)44-30(34-20)27(41)22(17-26(39)40)33-29(42)23-11-6-16-35-25(38)15-13-21(31(43)36(23)35)32-24(37)14-12-19-8-3-2-4-9-19/h2-5,7-10,21-23H,6,11-17H2,1H3,(H,32,37)(H,33,42)(H,39,40). The van der Waals surface area contributed by atoms with Gasteiger partial charge in [0, 0.05) is 19.4 Å². The van der Waals surface area contributed by atoms with Gasteiger partial charge in [-0.2, -0.15) is 0 Å². The molecule has 0 bridgehead atoms. The topological polar surface area (TPSA) is 179 Å². The quantitative estimate of drug-likeness (QED) is 0.292. The lowest BCUT2D eigenvalue weighted by atomic mass is 10.0. The van der Waals surface area contributed by atoms with Gasteiger partial charge >= 0.3 is 5.97 Å². The molecule has 3 heterocycles. The van der Waals surface area contributed by atoms with Gasteiger partial charge in [-0.05, 0) is 49.8 Å². The van der Waals surface area contributed by atoms with Crippen LogP contribution in [0.25, 0.3) is 11.1 Å². The summed E-state index contributed by atoms with van der Waals surface area (Å²) in [5.41, 5.74) is 2.45. The number of fused-ring (bicyclic) bond motifs is 2. The number of amides is 4. The zero-order chi connectivity index (χ0) is 31.4. The van der Waals surface area contributed by atoms with Crippen LogP contribution in [0, 0.1) is 6.92 Å². The van der Waals surface area contributed by atoms with Crippen LogP contribution in [0.1, 0.15) is 60.3 Å². The molecule has 2 aromatic carbocycles. The van der Waals surface area contributed by atoms with Gasteiger partial charge < -0.3 is 20.2 Å². The first-order valence-electron chi connectivity index (χ1n) is 14.5. The molecule has 13 heteroatoms. The highest BCUT2D eigenvalue weighted by atomic mass is 16.4. The molecule has 2 aliphatic heterocycles. The Morgan fingerprint density at radius 1 is 1.07 bits per heavy atom. The molecule has 5 rings (SSSR count). The lowest BCUT2D eigenvalue weighted by Crippen LogP contribution is -2.64. The third-order valence-corrected chi connectivity index (χ3v) is 7.82. The maximum Gasteiger partial charge on any atom is 0.305 e. The Labute approximate surface area is 252 Å². The van der Waals surface area contributed by atoms with E-state index in [1.54, 1.807) is 25.1 Å². The summed E-state index contributed by atoms with van der Waals surface area (Å²) >= 11 is 0. The first-order chi connectivity index (χ1) is 21.1. The van der Waals surface area contributed by atoms with Crippen molar-refractivity contribution in [2.75, 3.05) is 6.54 Å². The van der Waals surface area contributed by atoms with Gasteiger partial charge in [0.2, 0.25) is 23.5 Å². The number of aromatic nitrogens is 1. The Morgan fingerprint density at radius 2 is 1.84 bits per heavy atom. The Balaban J connectivity index is 1.33. The number of hydrazine groups is 1.